The van der Waals surface area contributed by atoms with Crippen LogP contribution in [0.1, 0.15) is 41.4 Å². The van der Waals surface area contributed by atoms with E-state index in [1.54, 1.807) is 34.9 Å². The number of amides is 1. The van der Waals surface area contributed by atoms with Gasteiger partial charge in [0.15, 0.2) is 0 Å². The number of rotatable bonds is 10. The van der Waals surface area contributed by atoms with Crippen LogP contribution in [0.4, 0.5) is 8.78 Å². The second-order valence-electron chi connectivity index (χ2n) is 8.86. The molecular formula is C29H29F2N3O3. The van der Waals surface area contributed by atoms with Crippen LogP contribution in [0.2, 0.25) is 0 Å². The molecule has 4 rings (SSSR count). The zero-order valence-electron chi connectivity index (χ0n) is 21.0. The minimum Gasteiger partial charge on any atom is -0.438 e. The highest BCUT2D eigenvalue weighted by atomic mass is 19.1. The molecule has 0 aliphatic heterocycles. The summed E-state index contributed by atoms with van der Waals surface area (Å²) in [6, 6.07) is 20.9. The summed E-state index contributed by atoms with van der Waals surface area (Å²) in [4.78, 5) is 15.0. The van der Waals surface area contributed by atoms with E-state index in [2.05, 4.69) is 0 Å². The lowest BCUT2D eigenvalue weighted by atomic mass is 10.0. The smallest absolute Gasteiger partial charge is 0.254 e. The summed E-state index contributed by atoms with van der Waals surface area (Å²) < 4.78 is 41.1. The van der Waals surface area contributed by atoms with E-state index >= 15 is 0 Å². The van der Waals surface area contributed by atoms with Gasteiger partial charge >= 0.3 is 0 Å². The summed E-state index contributed by atoms with van der Waals surface area (Å²) in [5.41, 5.74) is 2.38. The first-order valence-corrected chi connectivity index (χ1v) is 12.0. The van der Waals surface area contributed by atoms with Crippen LogP contribution in [0.5, 0.6) is 11.6 Å². The van der Waals surface area contributed by atoms with E-state index in [4.69, 9.17) is 14.6 Å². The summed E-state index contributed by atoms with van der Waals surface area (Å²) >= 11 is 0. The fourth-order valence-electron chi connectivity index (χ4n) is 4.00. The van der Waals surface area contributed by atoms with Gasteiger partial charge in [0.2, 0.25) is 5.88 Å². The van der Waals surface area contributed by atoms with Gasteiger partial charge in [-0.15, -0.1) is 0 Å². The number of aromatic nitrogens is 2. The molecular weight excluding hydrogens is 476 g/mol. The number of ether oxygens (including phenoxy) is 2. The average molecular weight is 506 g/mol. The highest BCUT2D eigenvalue weighted by Gasteiger charge is 2.27. The van der Waals surface area contributed by atoms with Crippen molar-refractivity contribution in [2.24, 2.45) is 0 Å². The molecule has 4 aromatic rings. The normalized spacial score (nSPS) is 11.1. The van der Waals surface area contributed by atoms with Gasteiger partial charge in [0.1, 0.15) is 17.4 Å². The van der Waals surface area contributed by atoms with Crippen molar-refractivity contribution in [3.05, 3.63) is 107 Å². The molecule has 8 heteroatoms. The van der Waals surface area contributed by atoms with Crippen molar-refractivity contribution in [2.45, 2.75) is 26.3 Å². The predicted octanol–water partition coefficient (Wildman–Crippen LogP) is 6.36. The molecule has 0 saturated heterocycles. The standard InChI is InChI=1S/C29H29F2N3O3/c1-20(2)27-26(19-33(15-16-36-3)28(35)21-9-7-10-22(30)17-21)29(37-25-14-8-11-23(31)18-25)34(32-27)24-12-5-4-6-13-24/h4-14,17-18,20H,15-16,19H2,1-3H3. The molecule has 37 heavy (non-hydrogen) atoms. The molecule has 0 atom stereocenters. The molecule has 0 N–H and O–H groups in total. The zero-order chi connectivity index (χ0) is 26.4. The predicted molar refractivity (Wildman–Crippen MR) is 137 cm³/mol. The van der Waals surface area contributed by atoms with Crippen molar-refractivity contribution < 1.29 is 23.0 Å². The van der Waals surface area contributed by atoms with Crippen LogP contribution in [0.25, 0.3) is 5.69 Å². The Morgan fingerprint density at radius 1 is 0.973 bits per heavy atom. The Bertz CT molecular complexity index is 1360. The number of benzene rings is 3. The molecule has 0 aliphatic carbocycles. The van der Waals surface area contributed by atoms with Crippen LogP contribution < -0.4 is 4.74 Å². The largest absolute Gasteiger partial charge is 0.438 e. The van der Waals surface area contributed by atoms with Crippen molar-refractivity contribution in [2.75, 3.05) is 20.3 Å². The first-order chi connectivity index (χ1) is 17.9. The summed E-state index contributed by atoms with van der Waals surface area (Å²) in [5.74, 6) is -0.619. The second kappa shape index (κ2) is 11.8. The van der Waals surface area contributed by atoms with E-state index in [0.717, 1.165) is 11.4 Å². The first kappa shape index (κ1) is 26.0. The fourth-order valence-corrected chi connectivity index (χ4v) is 4.00. The molecule has 0 unspecified atom stereocenters. The van der Waals surface area contributed by atoms with Gasteiger partial charge in [-0.25, -0.2) is 13.5 Å². The Balaban J connectivity index is 1.83. The van der Waals surface area contributed by atoms with Crippen LogP contribution in [-0.2, 0) is 11.3 Å². The minimum atomic E-state index is -0.493. The number of hydrogen-bond acceptors (Lipinski definition) is 4. The fraction of sp³-hybridized carbons (Fsp3) is 0.241. The van der Waals surface area contributed by atoms with Crippen LogP contribution in [0.15, 0.2) is 78.9 Å². The summed E-state index contributed by atoms with van der Waals surface area (Å²) in [5, 5.41) is 4.85. The molecule has 6 nitrogen and oxygen atoms in total. The van der Waals surface area contributed by atoms with Crippen molar-refractivity contribution in [1.82, 2.24) is 14.7 Å². The molecule has 0 saturated carbocycles. The van der Waals surface area contributed by atoms with Gasteiger partial charge in [-0.3, -0.25) is 4.79 Å². The van der Waals surface area contributed by atoms with Crippen LogP contribution >= 0.6 is 0 Å². The molecule has 192 valence electrons. The molecule has 0 spiro atoms. The third kappa shape index (κ3) is 6.21. The van der Waals surface area contributed by atoms with E-state index in [1.807, 2.05) is 44.2 Å². The average Bonchev–Trinajstić information content (AvgIpc) is 3.24. The van der Waals surface area contributed by atoms with Crippen LogP contribution in [-0.4, -0.2) is 40.8 Å². The van der Waals surface area contributed by atoms with Crippen molar-refractivity contribution in [3.63, 3.8) is 0 Å². The van der Waals surface area contributed by atoms with E-state index in [0.29, 0.717) is 17.2 Å². The summed E-state index contributed by atoms with van der Waals surface area (Å²) in [6.45, 7) is 4.68. The SMILES string of the molecule is COCCN(Cc1c(C(C)C)nn(-c2ccccc2)c1Oc1cccc(F)c1)C(=O)c1cccc(F)c1. The number of methoxy groups -OCH3 is 1. The molecule has 0 aliphatic rings. The molecule has 0 radical (unpaired) electrons. The number of halogens is 2. The Labute approximate surface area is 215 Å². The lowest BCUT2D eigenvalue weighted by Gasteiger charge is -2.24. The molecule has 0 bridgehead atoms. The van der Waals surface area contributed by atoms with E-state index in [-0.39, 0.29) is 37.1 Å². The minimum absolute atomic E-state index is 0.0108. The van der Waals surface area contributed by atoms with E-state index in [1.165, 1.54) is 30.3 Å². The zero-order valence-corrected chi connectivity index (χ0v) is 21.0. The van der Waals surface area contributed by atoms with E-state index < -0.39 is 11.6 Å². The Morgan fingerprint density at radius 2 is 1.68 bits per heavy atom. The third-order valence-corrected chi connectivity index (χ3v) is 5.80. The number of carbonyl (C=O) groups excluding carboxylic acids is 1. The topological polar surface area (TPSA) is 56.6 Å². The number of nitrogens with zero attached hydrogens (tertiary/aromatic N) is 3. The van der Waals surface area contributed by atoms with E-state index in [9.17, 15) is 13.6 Å². The Morgan fingerprint density at radius 3 is 2.32 bits per heavy atom. The maximum Gasteiger partial charge on any atom is 0.254 e. The second-order valence-corrected chi connectivity index (χ2v) is 8.86. The van der Waals surface area contributed by atoms with Crippen molar-refractivity contribution >= 4 is 5.91 Å². The van der Waals surface area contributed by atoms with Crippen LogP contribution in [0.3, 0.4) is 0 Å². The molecule has 1 amide bonds. The lowest BCUT2D eigenvalue weighted by molar-refractivity contribution is 0.0678. The van der Waals surface area contributed by atoms with Gasteiger partial charge < -0.3 is 14.4 Å². The summed E-state index contributed by atoms with van der Waals surface area (Å²) in [6.07, 6.45) is 0. The molecule has 1 heterocycles. The van der Waals surface area contributed by atoms with Crippen molar-refractivity contribution in [1.29, 1.82) is 0 Å². The highest BCUT2D eigenvalue weighted by molar-refractivity contribution is 5.94. The molecule has 1 aromatic heterocycles. The van der Waals surface area contributed by atoms with Gasteiger partial charge in [-0.05, 0) is 48.4 Å². The van der Waals surface area contributed by atoms with Gasteiger partial charge in [0.25, 0.3) is 5.91 Å². The first-order valence-electron chi connectivity index (χ1n) is 12.0. The Hall–Kier alpha value is -4.04. The van der Waals surface area contributed by atoms with Crippen LogP contribution in [0, 0.1) is 11.6 Å². The lowest BCUT2D eigenvalue weighted by Crippen LogP contribution is -2.34. The quantitative estimate of drug-likeness (QED) is 0.252. The number of hydrogen-bond donors (Lipinski definition) is 0. The van der Waals surface area contributed by atoms with Gasteiger partial charge in [-0.1, -0.05) is 44.2 Å². The monoisotopic (exact) mass is 505 g/mol. The van der Waals surface area contributed by atoms with Gasteiger partial charge in [0, 0.05) is 25.3 Å². The number of para-hydroxylation sites is 1. The molecule has 3 aromatic carbocycles. The maximum atomic E-state index is 14.0. The highest BCUT2D eigenvalue weighted by Crippen LogP contribution is 2.35. The van der Waals surface area contributed by atoms with Crippen molar-refractivity contribution in [3.8, 4) is 17.3 Å². The number of carbonyl (C=O) groups is 1. The third-order valence-electron chi connectivity index (χ3n) is 5.80. The molecule has 0 fully saturated rings. The van der Waals surface area contributed by atoms with Gasteiger partial charge in [0.05, 0.1) is 30.1 Å². The van der Waals surface area contributed by atoms with Gasteiger partial charge in [-0.2, -0.15) is 5.10 Å². The summed E-state index contributed by atoms with van der Waals surface area (Å²) in [7, 11) is 1.55. The Kier molecular flexibility index (Phi) is 8.30. The maximum absolute atomic E-state index is 14.0.